The van der Waals surface area contributed by atoms with Crippen LogP contribution in [0, 0.1) is 75.4 Å². The second kappa shape index (κ2) is 19.9. The number of fused-ring (bicyclic) bond motifs is 7. The third kappa shape index (κ3) is 8.14. The molecule has 2 aromatic rings. The van der Waals surface area contributed by atoms with Gasteiger partial charge in [-0.15, -0.1) is 0 Å². The number of hydrogen-bond donors (Lipinski definition) is 8. The van der Waals surface area contributed by atoms with E-state index >= 15 is 9.59 Å². The second-order valence-electron chi connectivity index (χ2n) is 26.6. The number of aryl methyl sites for hydroxylation is 1. The van der Waals surface area contributed by atoms with Crippen LogP contribution in [0.25, 0.3) is 6.08 Å². The summed E-state index contributed by atoms with van der Waals surface area (Å²) in [6.45, 7) is 6.28. The molecule has 22 atom stereocenters. The van der Waals surface area contributed by atoms with E-state index in [1.165, 1.54) is 19.3 Å². The standard InChI is InChI=1S/C66H81NO13/c1-35-25-44-31-62-30-41(44)15-22-65(75)58-52(67-32-36(2)70)18-23-66(76,80-58)60(59(65)78-55(72)14-12-50-45-16-20-63(34-62)49(37(45)3)10-11-51-57(73)46(56(35)62)17-21-64(50,51)63)79-61(74)43(26-39-6-13-53(71)54(28-39)77-4)29-48-42(33-69)9-8-40-7-5-38(19-24-68)27-47(40)48/h5-7,13,15-18,20-23,26-28,30,35-37,42,44-46,48-52,56-60,67-71,73,75-76H,8-12,14,19,24-25,29,31-34H2,1-4H3/b22-15+,43-26+/t35-,36+,37+,42+,44-,45-,46+,48-,49-,50-,51-,52-,56-,57+,58-,59+,60-,62-,63-,64-,65+,66+/m1/s1. The van der Waals surface area contributed by atoms with Crippen molar-refractivity contribution < 1.29 is 64.3 Å². The molecule has 8 N–H and O–H groups in total. The van der Waals surface area contributed by atoms with Crippen LogP contribution < -0.4 is 10.1 Å². The number of allylic oxidation sites excluding steroid dienone is 6. The van der Waals surface area contributed by atoms with Crippen LogP contribution >= 0.6 is 0 Å². The van der Waals surface area contributed by atoms with Crippen LogP contribution in [0.3, 0.4) is 0 Å². The molecule has 12 bridgehead atoms. The summed E-state index contributed by atoms with van der Waals surface area (Å²) >= 11 is 0. The minimum Gasteiger partial charge on any atom is -0.504 e. The third-order valence-corrected chi connectivity index (χ3v) is 22.7. The van der Waals surface area contributed by atoms with Crippen molar-refractivity contribution in [3.8, 4) is 11.5 Å². The Labute approximate surface area is 469 Å². The Morgan fingerprint density at radius 3 is 2.54 bits per heavy atom. The van der Waals surface area contributed by atoms with E-state index in [-0.39, 0.29) is 108 Å². The highest BCUT2D eigenvalue weighted by Gasteiger charge is 2.76. The summed E-state index contributed by atoms with van der Waals surface area (Å²) in [6.07, 6.45) is 21.4. The smallest absolute Gasteiger partial charge is 0.334 e. The van der Waals surface area contributed by atoms with Gasteiger partial charge in [0.2, 0.25) is 5.79 Å². The molecule has 2 aromatic carbocycles. The lowest BCUT2D eigenvalue weighted by molar-refractivity contribution is -0.350. The first kappa shape index (κ1) is 54.4. The number of aliphatic hydroxyl groups excluding tert-OH is 4. The zero-order valence-corrected chi connectivity index (χ0v) is 46.5. The fourth-order valence-electron chi connectivity index (χ4n) is 19.6. The fraction of sp³-hybridized carbons (Fsp3) is 0.606. The number of benzene rings is 2. The molecule has 13 aliphatic rings. The van der Waals surface area contributed by atoms with Gasteiger partial charge in [0.15, 0.2) is 29.3 Å². The first-order valence-corrected chi connectivity index (χ1v) is 29.9. The minimum absolute atomic E-state index is 0.00247. The third-order valence-electron chi connectivity index (χ3n) is 22.7. The van der Waals surface area contributed by atoms with Crippen molar-refractivity contribution in [2.45, 2.75) is 145 Å². The maximum Gasteiger partial charge on any atom is 0.334 e. The van der Waals surface area contributed by atoms with Crippen LogP contribution in [0.1, 0.15) is 107 Å². The van der Waals surface area contributed by atoms with Crippen LogP contribution in [-0.2, 0) is 36.6 Å². The van der Waals surface area contributed by atoms with Gasteiger partial charge < -0.3 is 60.0 Å². The van der Waals surface area contributed by atoms with E-state index < -0.39 is 71.2 Å². The Morgan fingerprint density at radius 1 is 0.938 bits per heavy atom. The number of carbonyl (C=O) groups excluding carboxylic acids is 2. The number of carbonyl (C=O) groups is 2. The van der Waals surface area contributed by atoms with Crippen LogP contribution in [0.2, 0.25) is 0 Å². The van der Waals surface area contributed by atoms with E-state index in [9.17, 15) is 35.7 Å². The van der Waals surface area contributed by atoms with Gasteiger partial charge in [0.25, 0.3) is 0 Å². The summed E-state index contributed by atoms with van der Waals surface area (Å²) in [6, 6.07) is 9.93. The highest BCUT2D eigenvalue weighted by molar-refractivity contribution is 5.94. The average Bonchev–Trinajstić information content (AvgIpc) is 1.05. The fourth-order valence-corrected chi connectivity index (χ4v) is 19.6. The first-order valence-electron chi connectivity index (χ1n) is 29.9. The molecule has 0 amide bonds. The number of phenolic OH excluding ortho intramolecular Hbond substituents is 1. The molecule has 5 fully saturated rings. The second-order valence-corrected chi connectivity index (χ2v) is 26.6. The molecule has 0 aromatic heterocycles. The number of nitrogens with one attached hydrogen (secondary N) is 1. The van der Waals surface area contributed by atoms with Crippen molar-refractivity contribution in [3.63, 3.8) is 0 Å². The van der Waals surface area contributed by atoms with Gasteiger partial charge in [-0.3, -0.25) is 4.79 Å². The van der Waals surface area contributed by atoms with Crippen LogP contribution in [0.4, 0.5) is 0 Å². The van der Waals surface area contributed by atoms with Crippen molar-refractivity contribution in [2.75, 3.05) is 26.9 Å². The van der Waals surface area contributed by atoms with Crippen molar-refractivity contribution in [2.24, 2.45) is 75.4 Å². The number of phenols is 1. The quantitative estimate of drug-likeness (QED) is 0.0613. The molecule has 3 spiro atoms. The van der Waals surface area contributed by atoms with Crippen molar-refractivity contribution in [3.05, 3.63) is 124 Å². The maximum atomic E-state index is 15.7. The van der Waals surface area contributed by atoms with E-state index in [1.54, 1.807) is 37.3 Å². The van der Waals surface area contributed by atoms with Gasteiger partial charge in [-0.25, -0.2) is 4.79 Å². The van der Waals surface area contributed by atoms with Gasteiger partial charge in [-0.2, -0.15) is 0 Å². The molecule has 15 rings (SSSR count). The summed E-state index contributed by atoms with van der Waals surface area (Å²) in [5, 5.41) is 85.3. The number of rotatable bonds is 12. The molecule has 14 nitrogen and oxygen atoms in total. The maximum absolute atomic E-state index is 15.7. The van der Waals surface area contributed by atoms with E-state index in [2.05, 4.69) is 49.5 Å². The van der Waals surface area contributed by atoms with Gasteiger partial charge in [0.1, 0.15) is 6.10 Å². The number of methoxy groups -OCH3 is 1. The highest BCUT2D eigenvalue weighted by Crippen LogP contribution is 2.80. The number of esters is 2. The van der Waals surface area contributed by atoms with Gasteiger partial charge in [0, 0.05) is 48.5 Å². The zero-order valence-electron chi connectivity index (χ0n) is 46.5. The largest absolute Gasteiger partial charge is 0.504 e. The minimum atomic E-state index is -2.44. The Kier molecular flexibility index (Phi) is 13.5. The first-order chi connectivity index (χ1) is 38.4. The molecule has 10 aliphatic carbocycles. The lowest BCUT2D eigenvalue weighted by atomic mass is 9.28. The van der Waals surface area contributed by atoms with E-state index in [0.717, 1.165) is 54.4 Å². The Morgan fingerprint density at radius 2 is 1.75 bits per heavy atom. The molecule has 3 heterocycles. The van der Waals surface area contributed by atoms with E-state index in [0.29, 0.717) is 43.1 Å². The molecule has 4 saturated carbocycles. The topological polar surface area (TPSA) is 225 Å². The van der Waals surface area contributed by atoms with Crippen LogP contribution in [0.5, 0.6) is 11.5 Å². The summed E-state index contributed by atoms with van der Waals surface area (Å²) in [4.78, 5) is 30.9. The molecule has 428 valence electrons. The van der Waals surface area contributed by atoms with Gasteiger partial charge in [0.05, 0.1) is 25.4 Å². The monoisotopic (exact) mass is 1100 g/mol. The lowest BCUT2D eigenvalue weighted by Gasteiger charge is -2.76. The SMILES string of the molecule is COc1cc(/C=C(\C[C@H]2c3cc(CCO)ccc3CC[C@H]2CO)C(=O)O[C@@H]2[C@@H]3OC(=O)CC[C@@H]4[C@@H]5C=C[C@]67C[C@]89C=C(/C=C/[C@]3(O)[C@@H]3O[C@@]2(O)C=C[C@H]3NC[C@H](C)O)[C@H](C[C@@H](C)[C@@H]8[C@@H]2C=C[C@]46[C@H](CC[C@@H]7[C@H]5C)[C@H]2O)C9)ccc1O. The molecule has 0 unspecified atom stereocenters. The molecule has 14 heteroatoms. The predicted octanol–water partition coefficient (Wildman–Crippen LogP) is 6.94. The molecular formula is C66H81NO13. The van der Waals surface area contributed by atoms with Crippen LogP contribution in [0.15, 0.2) is 102 Å². The Hall–Kier alpha value is -4.90. The number of aromatic hydroxyl groups is 1. The van der Waals surface area contributed by atoms with Crippen molar-refractivity contribution in [1.82, 2.24) is 5.32 Å². The van der Waals surface area contributed by atoms with E-state index in [4.69, 9.17) is 18.9 Å². The lowest BCUT2D eigenvalue weighted by Crippen LogP contribution is -2.76. The Balaban J connectivity index is 0.947. The molecular weight excluding hydrogens is 1010 g/mol. The normalized spacial score (nSPS) is 45.0. The van der Waals surface area contributed by atoms with Crippen LogP contribution in [-0.4, -0.2) is 123 Å². The molecule has 80 heavy (non-hydrogen) atoms. The zero-order chi connectivity index (χ0) is 55.8. The highest BCUT2D eigenvalue weighted by atomic mass is 16.7. The summed E-state index contributed by atoms with van der Waals surface area (Å²) < 4.78 is 25.5. The predicted molar refractivity (Wildman–Crippen MR) is 297 cm³/mol. The van der Waals surface area contributed by atoms with Crippen molar-refractivity contribution in [1.29, 1.82) is 0 Å². The molecule has 0 radical (unpaired) electrons. The summed E-state index contributed by atoms with van der Waals surface area (Å²) in [5.41, 5.74) is 1.39. The Bertz CT molecular complexity index is 3000. The summed E-state index contributed by atoms with van der Waals surface area (Å²) in [7, 11) is 1.43. The molecule has 3 aliphatic heterocycles. The van der Waals surface area contributed by atoms with Gasteiger partial charge >= 0.3 is 11.9 Å². The average molecular weight is 1100 g/mol. The van der Waals surface area contributed by atoms with Crippen molar-refractivity contribution >= 4 is 18.0 Å². The number of hydrogen-bond acceptors (Lipinski definition) is 14. The van der Waals surface area contributed by atoms with Gasteiger partial charge in [-0.05, 0) is 194 Å². The molecule has 1 saturated heterocycles. The van der Waals surface area contributed by atoms with E-state index in [1.807, 2.05) is 24.3 Å². The summed E-state index contributed by atoms with van der Waals surface area (Å²) in [5.74, 6) is -3.09. The number of ether oxygens (including phenoxy) is 4. The number of aliphatic hydroxyl groups is 6. The van der Waals surface area contributed by atoms with Gasteiger partial charge in [-0.1, -0.05) is 80.6 Å².